The SMILES string of the molecule is Nc1cc(C(=O)c2csc3ccccc23)ccc1Cl. The van der Waals surface area contributed by atoms with Crippen LogP contribution in [0.15, 0.2) is 47.8 Å². The van der Waals surface area contributed by atoms with E-state index < -0.39 is 0 Å². The van der Waals surface area contributed by atoms with Gasteiger partial charge in [0.15, 0.2) is 5.78 Å². The van der Waals surface area contributed by atoms with Crippen molar-refractivity contribution in [3.8, 4) is 0 Å². The minimum Gasteiger partial charge on any atom is -0.398 e. The number of nitrogen functional groups attached to an aromatic ring is 1. The lowest BCUT2D eigenvalue weighted by atomic mass is 10.0. The van der Waals surface area contributed by atoms with Crippen LogP contribution in [0.2, 0.25) is 5.02 Å². The zero-order valence-corrected chi connectivity index (χ0v) is 11.5. The van der Waals surface area contributed by atoms with Gasteiger partial charge in [0.25, 0.3) is 0 Å². The Morgan fingerprint density at radius 2 is 1.95 bits per heavy atom. The lowest BCUT2D eigenvalue weighted by molar-refractivity contribution is 0.104. The third kappa shape index (κ3) is 2.11. The summed E-state index contributed by atoms with van der Waals surface area (Å²) in [6.45, 7) is 0. The zero-order valence-electron chi connectivity index (χ0n) is 9.89. The number of hydrogen-bond acceptors (Lipinski definition) is 3. The van der Waals surface area contributed by atoms with E-state index >= 15 is 0 Å². The first-order valence-electron chi connectivity index (χ1n) is 5.73. The summed E-state index contributed by atoms with van der Waals surface area (Å²) in [5.41, 5.74) is 7.44. The summed E-state index contributed by atoms with van der Waals surface area (Å²) in [6.07, 6.45) is 0. The van der Waals surface area contributed by atoms with Crippen LogP contribution in [-0.4, -0.2) is 5.78 Å². The third-order valence-electron chi connectivity index (χ3n) is 2.98. The van der Waals surface area contributed by atoms with Crippen LogP contribution in [0.3, 0.4) is 0 Å². The van der Waals surface area contributed by atoms with Crippen LogP contribution in [0, 0.1) is 0 Å². The number of carbonyl (C=O) groups is 1. The fourth-order valence-electron chi connectivity index (χ4n) is 1.99. The zero-order chi connectivity index (χ0) is 13.4. The first-order valence-corrected chi connectivity index (χ1v) is 6.98. The van der Waals surface area contributed by atoms with Crippen LogP contribution in [-0.2, 0) is 0 Å². The lowest BCUT2D eigenvalue weighted by Crippen LogP contribution is -2.01. The van der Waals surface area contributed by atoms with Crippen LogP contribution >= 0.6 is 22.9 Å². The summed E-state index contributed by atoms with van der Waals surface area (Å²) in [6, 6.07) is 12.8. The van der Waals surface area contributed by atoms with Gasteiger partial charge in [-0.3, -0.25) is 4.79 Å². The molecule has 0 saturated carbocycles. The molecule has 1 aromatic heterocycles. The fourth-order valence-corrected chi connectivity index (χ4v) is 3.05. The van der Waals surface area contributed by atoms with E-state index in [0.29, 0.717) is 21.8 Å². The minimum atomic E-state index is -0.0270. The van der Waals surface area contributed by atoms with Gasteiger partial charge in [0.2, 0.25) is 0 Å². The highest BCUT2D eigenvalue weighted by atomic mass is 35.5. The van der Waals surface area contributed by atoms with Crippen molar-refractivity contribution in [3.63, 3.8) is 0 Å². The Kier molecular flexibility index (Phi) is 3.01. The predicted octanol–water partition coefficient (Wildman–Crippen LogP) is 4.37. The molecule has 0 amide bonds. The van der Waals surface area contributed by atoms with Gasteiger partial charge in [-0.2, -0.15) is 0 Å². The van der Waals surface area contributed by atoms with Crippen LogP contribution < -0.4 is 5.73 Å². The van der Waals surface area contributed by atoms with Crippen LogP contribution in [0.5, 0.6) is 0 Å². The number of anilines is 1. The number of ketones is 1. The van der Waals surface area contributed by atoms with Crippen molar-refractivity contribution in [2.75, 3.05) is 5.73 Å². The molecular weight excluding hydrogens is 278 g/mol. The van der Waals surface area contributed by atoms with Gasteiger partial charge in [-0.05, 0) is 24.3 Å². The molecule has 3 aromatic rings. The summed E-state index contributed by atoms with van der Waals surface area (Å²) in [7, 11) is 0. The molecule has 0 radical (unpaired) electrons. The Hall–Kier alpha value is -1.84. The highest BCUT2D eigenvalue weighted by Gasteiger charge is 2.14. The van der Waals surface area contributed by atoms with Crippen molar-refractivity contribution in [1.29, 1.82) is 0 Å². The molecular formula is C15H10ClNOS. The molecule has 2 aromatic carbocycles. The van der Waals surface area contributed by atoms with Crippen molar-refractivity contribution in [1.82, 2.24) is 0 Å². The first-order chi connectivity index (χ1) is 9.16. The van der Waals surface area contributed by atoms with Gasteiger partial charge < -0.3 is 5.73 Å². The number of nitrogens with two attached hydrogens (primary N) is 1. The minimum absolute atomic E-state index is 0.0270. The molecule has 0 aliphatic carbocycles. The molecule has 1 heterocycles. The van der Waals surface area contributed by atoms with Gasteiger partial charge in [-0.15, -0.1) is 11.3 Å². The second kappa shape index (κ2) is 4.68. The first kappa shape index (κ1) is 12.2. The van der Waals surface area contributed by atoms with E-state index in [4.69, 9.17) is 17.3 Å². The molecule has 0 unspecified atom stereocenters. The van der Waals surface area contributed by atoms with Gasteiger partial charge in [0.1, 0.15) is 0 Å². The fraction of sp³-hybridized carbons (Fsp3) is 0. The Morgan fingerprint density at radius 3 is 2.74 bits per heavy atom. The van der Waals surface area contributed by atoms with Crippen molar-refractivity contribution in [2.45, 2.75) is 0 Å². The summed E-state index contributed by atoms with van der Waals surface area (Å²) >= 11 is 7.44. The third-order valence-corrected chi connectivity index (χ3v) is 4.29. The number of rotatable bonds is 2. The quantitative estimate of drug-likeness (QED) is 0.562. The standard InChI is InChI=1S/C15H10ClNOS/c16-12-6-5-9(7-13(12)17)15(18)11-8-19-14-4-2-1-3-10(11)14/h1-8H,17H2. The normalized spacial score (nSPS) is 10.8. The molecule has 2 N–H and O–H groups in total. The van der Waals surface area contributed by atoms with Crippen molar-refractivity contribution < 1.29 is 4.79 Å². The molecule has 3 rings (SSSR count). The molecule has 19 heavy (non-hydrogen) atoms. The average Bonchev–Trinajstić information content (AvgIpc) is 2.85. The maximum atomic E-state index is 12.5. The predicted molar refractivity (Wildman–Crippen MR) is 81.1 cm³/mol. The Balaban J connectivity index is 2.11. The molecule has 94 valence electrons. The highest BCUT2D eigenvalue weighted by molar-refractivity contribution is 7.17. The van der Waals surface area contributed by atoms with Crippen LogP contribution in [0.25, 0.3) is 10.1 Å². The van der Waals surface area contributed by atoms with Crippen molar-refractivity contribution >= 4 is 44.5 Å². The Morgan fingerprint density at radius 1 is 1.16 bits per heavy atom. The van der Waals surface area contributed by atoms with E-state index in [1.165, 1.54) is 0 Å². The summed E-state index contributed by atoms with van der Waals surface area (Å²) in [5, 5.41) is 3.33. The molecule has 2 nitrogen and oxygen atoms in total. The molecule has 0 fully saturated rings. The monoisotopic (exact) mass is 287 g/mol. The highest BCUT2D eigenvalue weighted by Crippen LogP contribution is 2.28. The molecule has 4 heteroatoms. The van der Waals surface area contributed by atoms with Gasteiger partial charge in [0, 0.05) is 26.6 Å². The molecule has 0 bridgehead atoms. The van der Waals surface area contributed by atoms with E-state index in [2.05, 4.69) is 0 Å². The second-order valence-electron chi connectivity index (χ2n) is 4.21. The van der Waals surface area contributed by atoms with E-state index in [-0.39, 0.29) is 5.78 Å². The average molecular weight is 288 g/mol. The van der Waals surface area contributed by atoms with E-state index in [1.54, 1.807) is 29.5 Å². The molecule has 0 saturated heterocycles. The van der Waals surface area contributed by atoms with E-state index in [1.807, 2.05) is 29.6 Å². The maximum Gasteiger partial charge on any atom is 0.194 e. The summed E-state index contributed by atoms with van der Waals surface area (Å²) in [5.74, 6) is -0.0270. The molecule has 0 atom stereocenters. The number of carbonyl (C=O) groups excluding carboxylic acids is 1. The summed E-state index contributed by atoms with van der Waals surface area (Å²) in [4.78, 5) is 12.5. The van der Waals surface area contributed by atoms with Gasteiger partial charge in [-0.25, -0.2) is 0 Å². The summed E-state index contributed by atoms with van der Waals surface area (Å²) < 4.78 is 1.10. The smallest absolute Gasteiger partial charge is 0.194 e. The van der Waals surface area contributed by atoms with E-state index in [9.17, 15) is 4.79 Å². The second-order valence-corrected chi connectivity index (χ2v) is 5.53. The molecule has 0 aliphatic rings. The number of hydrogen-bond donors (Lipinski definition) is 1. The van der Waals surface area contributed by atoms with Gasteiger partial charge in [-0.1, -0.05) is 29.8 Å². The topological polar surface area (TPSA) is 43.1 Å². The van der Waals surface area contributed by atoms with Crippen molar-refractivity contribution in [2.24, 2.45) is 0 Å². The van der Waals surface area contributed by atoms with Gasteiger partial charge >= 0.3 is 0 Å². The largest absolute Gasteiger partial charge is 0.398 e. The number of thiophene rings is 1. The van der Waals surface area contributed by atoms with E-state index in [0.717, 1.165) is 10.1 Å². The van der Waals surface area contributed by atoms with Crippen molar-refractivity contribution in [3.05, 3.63) is 64.0 Å². The molecule has 0 aliphatic heterocycles. The number of benzene rings is 2. The lowest BCUT2D eigenvalue weighted by Gasteiger charge is -2.03. The number of halogens is 1. The Labute approximate surface area is 119 Å². The number of fused-ring (bicyclic) bond motifs is 1. The van der Waals surface area contributed by atoms with Crippen LogP contribution in [0.4, 0.5) is 5.69 Å². The molecule has 0 spiro atoms. The van der Waals surface area contributed by atoms with Crippen LogP contribution in [0.1, 0.15) is 15.9 Å². The van der Waals surface area contributed by atoms with Gasteiger partial charge in [0.05, 0.1) is 10.7 Å². The maximum absolute atomic E-state index is 12.5. The Bertz CT molecular complexity index is 779.